The van der Waals surface area contributed by atoms with Crippen molar-refractivity contribution in [2.45, 2.75) is 57.8 Å². The summed E-state index contributed by atoms with van der Waals surface area (Å²) in [5.41, 5.74) is 5.86. The molecule has 4 aliphatic carbocycles. The lowest BCUT2D eigenvalue weighted by atomic mass is 9.45. The van der Waals surface area contributed by atoms with E-state index in [0.29, 0.717) is 18.3 Å². The molecule has 0 radical (unpaired) electrons. The smallest absolute Gasteiger partial charge is 0.114 e. The molecule has 23 heavy (non-hydrogen) atoms. The minimum Gasteiger partial charge on any atom is -0.393 e. The van der Waals surface area contributed by atoms with Gasteiger partial charge in [0.25, 0.3) is 0 Å². The molecule has 4 aliphatic rings. The number of allylic oxidation sites excluding steroid dienone is 2. The monoisotopic (exact) mass is 321 g/mol. The van der Waals surface area contributed by atoms with Crippen LogP contribution in [0.4, 0.5) is 4.39 Å². The van der Waals surface area contributed by atoms with Crippen LogP contribution in [0.5, 0.6) is 0 Å². The zero-order valence-electron chi connectivity index (χ0n) is 14.0. The predicted octanol–water partition coefficient (Wildman–Crippen LogP) is 2.54. The van der Waals surface area contributed by atoms with Crippen molar-refractivity contribution >= 4 is 0 Å². The molecule has 0 aromatic carbocycles. The van der Waals surface area contributed by atoms with Gasteiger partial charge in [0.1, 0.15) is 5.83 Å². The summed E-state index contributed by atoms with van der Waals surface area (Å²) in [5.74, 6) is 0.505. The van der Waals surface area contributed by atoms with E-state index in [0.717, 1.165) is 19.3 Å². The second kappa shape index (κ2) is 4.90. The van der Waals surface area contributed by atoms with E-state index in [1.165, 1.54) is 0 Å². The molecule has 0 spiro atoms. The number of fused-ring (bicyclic) bond motifs is 5. The van der Waals surface area contributed by atoms with E-state index in [1.54, 1.807) is 6.08 Å². The second-order valence-corrected chi connectivity index (χ2v) is 8.81. The Morgan fingerprint density at radius 3 is 2.74 bits per heavy atom. The van der Waals surface area contributed by atoms with Gasteiger partial charge in [-0.2, -0.15) is 0 Å². The molecule has 4 rings (SSSR count). The molecule has 0 saturated heterocycles. The van der Waals surface area contributed by atoms with Crippen molar-refractivity contribution in [2.24, 2.45) is 40.2 Å². The van der Waals surface area contributed by atoms with Crippen molar-refractivity contribution in [2.75, 3.05) is 0 Å². The Labute approximate surface area is 137 Å². The van der Waals surface area contributed by atoms with Crippen LogP contribution < -0.4 is 5.73 Å². The van der Waals surface area contributed by atoms with Gasteiger partial charge in [0, 0.05) is 0 Å². The molecule has 4 unspecified atom stereocenters. The summed E-state index contributed by atoms with van der Waals surface area (Å²) in [4.78, 5) is 0. The highest BCUT2D eigenvalue weighted by atomic mass is 19.1. The first kappa shape index (κ1) is 15.8. The van der Waals surface area contributed by atoms with Crippen LogP contribution in [0.25, 0.3) is 0 Å². The molecule has 0 aromatic rings. The normalized spacial score (nSPS) is 58.2. The fourth-order valence-corrected chi connectivity index (χ4v) is 6.31. The molecule has 0 aromatic heterocycles. The van der Waals surface area contributed by atoms with Gasteiger partial charge in [-0.1, -0.05) is 26.0 Å². The third-order valence-corrected chi connectivity index (χ3v) is 7.83. The maximum atomic E-state index is 14.2. The Morgan fingerprint density at radius 2 is 2.00 bits per heavy atom. The summed E-state index contributed by atoms with van der Waals surface area (Å²) >= 11 is 0. The highest BCUT2D eigenvalue weighted by molar-refractivity contribution is 5.27. The van der Waals surface area contributed by atoms with Gasteiger partial charge in [0.2, 0.25) is 0 Å². The van der Waals surface area contributed by atoms with Crippen molar-refractivity contribution in [1.82, 2.24) is 0 Å². The fourth-order valence-electron chi connectivity index (χ4n) is 6.31. The number of nitrogens with two attached hydrogens (primary N) is 1. The van der Waals surface area contributed by atoms with Crippen molar-refractivity contribution in [3.63, 3.8) is 0 Å². The summed E-state index contributed by atoms with van der Waals surface area (Å²) in [6.07, 6.45) is 8.24. The Morgan fingerprint density at radius 1 is 1.26 bits per heavy atom. The molecule has 0 bridgehead atoms. The van der Waals surface area contributed by atoms with E-state index in [4.69, 9.17) is 5.73 Å². The molecule has 0 aliphatic heterocycles. The van der Waals surface area contributed by atoms with Crippen molar-refractivity contribution < 1.29 is 14.6 Å². The number of hydrogen-bond donors (Lipinski definition) is 3. The molecule has 2 fully saturated rings. The molecule has 0 heterocycles. The molecule has 4 N–H and O–H groups in total. The van der Waals surface area contributed by atoms with Crippen molar-refractivity contribution in [3.8, 4) is 0 Å². The van der Waals surface area contributed by atoms with Gasteiger partial charge in [-0.3, -0.25) is 0 Å². The maximum Gasteiger partial charge on any atom is 0.114 e. The Balaban J connectivity index is 1.74. The van der Waals surface area contributed by atoms with E-state index in [1.807, 2.05) is 6.08 Å². The van der Waals surface area contributed by atoms with Gasteiger partial charge in [0.05, 0.1) is 18.2 Å². The maximum absolute atomic E-state index is 14.2. The quantitative estimate of drug-likeness (QED) is 0.601. The standard InChI is InChI=1S/C19H28FNO2/c1-18-5-3-11(22)7-10(18)8-15(23)16-12(18)4-6-19(2)13(16)9-14(20)17(19)21/h3,5,9-13,15-17,22-23H,4,6-8,21H2,1-2H3/t10?,11?,12-,13+,15?,16-,17?,18+,19+/m1/s1. The van der Waals surface area contributed by atoms with Gasteiger partial charge in [0.15, 0.2) is 0 Å². The minimum absolute atomic E-state index is 0.0124. The highest BCUT2D eigenvalue weighted by Crippen LogP contribution is 2.64. The number of aliphatic hydroxyl groups excluding tert-OH is 2. The van der Waals surface area contributed by atoms with E-state index < -0.39 is 18.2 Å². The summed E-state index contributed by atoms with van der Waals surface area (Å²) < 4.78 is 14.2. The number of hydrogen-bond acceptors (Lipinski definition) is 3. The molecule has 2 saturated carbocycles. The first-order valence-corrected chi connectivity index (χ1v) is 8.95. The Kier molecular flexibility index (Phi) is 3.37. The zero-order valence-corrected chi connectivity index (χ0v) is 14.0. The van der Waals surface area contributed by atoms with E-state index >= 15 is 0 Å². The predicted molar refractivity (Wildman–Crippen MR) is 87.0 cm³/mol. The van der Waals surface area contributed by atoms with Crippen LogP contribution >= 0.6 is 0 Å². The molecule has 128 valence electrons. The van der Waals surface area contributed by atoms with Gasteiger partial charge < -0.3 is 15.9 Å². The molecule has 0 amide bonds. The first-order valence-electron chi connectivity index (χ1n) is 8.95. The van der Waals surface area contributed by atoms with Crippen molar-refractivity contribution in [1.29, 1.82) is 0 Å². The van der Waals surface area contributed by atoms with Crippen LogP contribution in [0.3, 0.4) is 0 Å². The van der Waals surface area contributed by atoms with E-state index in [-0.39, 0.29) is 28.5 Å². The summed E-state index contributed by atoms with van der Waals surface area (Å²) in [5, 5.41) is 20.8. The van der Waals surface area contributed by atoms with Crippen LogP contribution in [0.2, 0.25) is 0 Å². The lowest BCUT2D eigenvalue weighted by Crippen LogP contribution is -2.58. The molecule has 4 heteroatoms. The fraction of sp³-hybridized carbons (Fsp3) is 0.789. The largest absolute Gasteiger partial charge is 0.393 e. The van der Waals surface area contributed by atoms with Gasteiger partial charge >= 0.3 is 0 Å². The summed E-state index contributed by atoms with van der Waals surface area (Å²) in [6, 6.07) is -0.533. The van der Waals surface area contributed by atoms with Crippen LogP contribution in [0.1, 0.15) is 39.5 Å². The molecule has 9 atom stereocenters. The lowest BCUT2D eigenvalue weighted by molar-refractivity contribution is -0.132. The van der Waals surface area contributed by atoms with E-state index in [2.05, 4.69) is 19.9 Å². The topological polar surface area (TPSA) is 66.5 Å². The molecular weight excluding hydrogens is 293 g/mol. The highest BCUT2D eigenvalue weighted by Gasteiger charge is 2.61. The lowest BCUT2D eigenvalue weighted by Gasteiger charge is -2.60. The zero-order chi connectivity index (χ0) is 16.6. The minimum atomic E-state index is -0.533. The van der Waals surface area contributed by atoms with Crippen LogP contribution in [-0.4, -0.2) is 28.5 Å². The third-order valence-electron chi connectivity index (χ3n) is 7.83. The van der Waals surface area contributed by atoms with Crippen molar-refractivity contribution in [3.05, 3.63) is 24.1 Å². The van der Waals surface area contributed by atoms with Crippen LogP contribution in [0, 0.1) is 34.5 Å². The van der Waals surface area contributed by atoms with Crippen LogP contribution in [0.15, 0.2) is 24.1 Å². The number of halogens is 1. The summed E-state index contributed by atoms with van der Waals surface area (Å²) in [7, 11) is 0. The number of aliphatic hydroxyl groups is 2. The SMILES string of the molecule is C[C@]12C=CC(O)CC1CC(O)[C@@H]1[C@H]2CC[C@]2(C)C(N)C(F)=C[C@@H]12. The van der Waals surface area contributed by atoms with Gasteiger partial charge in [-0.15, -0.1) is 0 Å². The molecular formula is C19H28FNO2. The first-order chi connectivity index (χ1) is 10.8. The van der Waals surface area contributed by atoms with Gasteiger partial charge in [-0.05, 0) is 66.3 Å². The third kappa shape index (κ3) is 1.98. The summed E-state index contributed by atoms with van der Waals surface area (Å²) in [6.45, 7) is 4.35. The number of rotatable bonds is 0. The Hall–Kier alpha value is -0.710. The average molecular weight is 321 g/mol. The molecule has 3 nitrogen and oxygen atoms in total. The second-order valence-electron chi connectivity index (χ2n) is 8.81. The van der Waals surface area contributed by atoms with Crippen LogP contribution in [-0.2, 0) is 0 Å². The Bertz CT molecular complexity index is 576. The van der Waals surface area contributed by atoms with E-state index in [9.17, 15) is 14.6 Å². The van der Waals surface area contributed by atoms with Gasteiger partial charge in [-0.25, -0.2) is 4.39 Å². The average Bonchev–Trinajstić information content (AvgIpc) is 2.73.